The number of aromatic nitrogens is 2. The van der Waals surface area contributed by atoms with Crippen LogP contribution in [0.4, 0.5) is 5.95 Å². The number of aromatic amines is 1. The topological polar surface area (TPSA) is 49.0 Å². The van der Waals surface area contributed by atoms with Gasteiger partial charge in [0.05, 0.1) is 5.69 Å². The van der Waals surface area contributed by atoms with Gasteiger partial charge < -0.3 is 4.90 Å². The first-order chi connectivity index (χ1) is 7.75. The predicted molar refractivity (Wildman–Crippen MR) is 66.0 cm³/mol. The standard InChI is InChI=1S/C11H14BrN3O/c12-8-9(7-3-4-7)13-11(14-10(8)16)15-5-1-2-6-15/h7H,1-6H2,(H,13,14,16). The summed E-state index contributed by atoms with van der Waals surface area (Å²) in [5, 5.41) is 0. The lowest BCUT2D eigenvalue weighted by molar-refractivity contribution is 0.855. The van der Waals surface area contributed by atoms with Gasteiger partial charge in [-0.2, -0.15) is 0 Å². The molecule has 2 fully saturated rings. The molecule has 0 amide bonds. The number of H-pyrrole nitrogens is 1. The Morgan fingerprint density at radius 2 is 2.00 bits per heavy atom. The summed E-state index contributed by atoms with van der Waals surface area (Å²) in [6.45, 7) is 2.02. The van der Waals surface area contributed by atoms with Crippen LogP contribution in [0.1, 0.15) is 37.3 Å². The number of halogens is 1. The van der Waals surface area contributed by atoms with Crippen LogP contribution >= 0.6 is 15.9 Å². The molecule has 1 aliphatic heterocycles. The van der Waals surface area contributed by atoms with E-state index in [0.29, 0.717) is 10.4 Å². The molecule has 1 aliphatic carbocycles. The molecule has 0 bridgehead atoms. The summed E-state index contributed by atoms with van der Waals surface area (Å²) < 4.78 is 0.623. The highest BCUT2D eigenvalue weighted by Crippen LogP contribution is 2.41. The van der Waals surface area contributed by atoms with Crippen LogP contribution in [-0.4, -0.2) is 23.1 Å². The molecule has 5 heteroatoms. The lowest BCUT2D eigenvalue weighted by atomic mass is 10.3. The van der Waals surface area contributed by atoms with E-state index in [1.165, 1.54) is 12.8 Å². The molecule has 1 aromatic heterocycles. The summed E-state index contributed by atoms with van der Waals surface area (Å²) in [7, 11) is 0. The van der Waals surface area contributed by atoms with Crippen LogP contribution in [0, 0.1) is 0 Å². The monoisotopic (exact) mass is 283 g/mol. The van der Waals surface area contributed by atoms with E-state index in [-0.39, 0.29) is 5.56 Å². The van der Waals surface area contributed by atoms with E-state index in [1.54, 1.807) is 0 Å². The summed E-state index contributed by atoms with van der Waals surface area (Å²) in [5.74, 6) is 1.26. The fourth-order valence-corrected chi connectivity index (χ4v) is 2.68. The lowest BCUT2D eigenvalue weighted by Gasteiger charge is -2.16. The highest BCUT2D eigenvalue weighted by Gasteiger charge is 2.29. The third-order valence-corrected chi connectivity index (χ3v) is 4.01. The minimum Gasteiger partial charge on any atom is -0.342 e. The Balaban J connectivity index is 2.02. The first kappa shape index (κ1) is 10.3. The maximum Gasteiger partial charge on any atom is 0.266 e. The second kappa shape index (κ2) is 3.87. The molecule has 0 atom stereocenters. The van der Waals surface area contributed by atoms with Crippen LogP contribution in [0.5, 0.6) is 0 Å². The minimum absolute atomic E-state index is 0.0428. The zero-order valence-corrected chi connectivity index (χ0v) is 10.6. The van der Waals surface area contributed by atoms with E-state index < -0.39 is 0 Å². The fourth-order valence-electron chi connectivity index (χ4n) is 2.17. The van der Waals surface area contributed by atoms with Crippen molar-refractivity contribution in [2.45, 2.75) is 31.6 Å². The van der Waals surface area contributed by atoms with Gasteiger partial charge in [-0.3, -0.25) is 9.78 Å². The number of anilines is 1. The van der Waals surface area contributed by atoms with E-state index in [0.717, 1.165) is 37.6 Å². The quantitative estimate of drug-likeness (QED) is 0.903. The molecule has 1 saturated heterocycles. The zero-order valence-electron chi connectivity index (χ0n) is 9.00. The van der Waals surface area contributed by atoms with E-state index in [9.17, 15) is 4.79 Å². The van der Waals surface area contributed by atoms with Gasteiger partial charge in [-0.15, -0.1) is 0 Å². The third-order valence-electron chi connectivity index (χ3n) is 3.25. The summed E-state index contributed by atoms with van der Waals surface area (Å²) in [5.41, 5.74) is 0.907. The Morgan fingerprint density at radius 1 is 1.31 bits per heavy atom. The number of hydrogen-bond donors (Lipinski definition) is 1. The number of hydrogen-bond acceptors (Lipinski definition) is 3. The number of nitrogens with one attached hydrogen (secondary N) is 1. The van der Waals surface area contributed by atoms with Crippen molar-refractivity contribution in [2.75, 3.05) is 18.0 Å². The molecule has 0 radical (unpaired) electrons. The SMILES string of the molecule is O=c1[nH]c(N2CCCC2)nc(C2CC2)c1Br. The van der Waals surface area contributed by atoms with Crippen molar-refractivity contribution in [1.82, 2.24) is 9.97 Å². The molecule has 86 valence electrons. The van der Waals surface area contributed by atoms with Gasteiger partial charge >= 0.3 is 0 Å². The average molecular weight is 284 g/mol. The van der Waals surface area contributed by atoms with Gasteiger partial charge in [0.2, 0.25) is 5.95 Å². The molecular formula is C11H14BrN3O. The van der Waals surface area contributed by atoms with Crippen molar-refractivity contribution in [3.8, 4) is 0 Å². The number of rotatable bonds is 2. The van der Waals surface area contributed by atoms with Crippen LogP contribution in [0.15, 0.2) is 9.27 Å². The molecule has 1 aromatic rings. The third kappa shape index (κ3) is 1.77. The van der Waals surface area contributed by atoms with E-state index in [1.807, 2.05) is 0 Å². The molecule has 4 nitrogen and oxygen atoms in total. The van der Waals surface area contributed by atoms with E-state index in [2.05, 4.69) is 30.8 Å². The van der Waals surface area contributed by atoms with Crippen molar-refractivity contribution < 1.29 is 0 Å². The second-order valence-corrected chi connectivity index (χ2v) is 5.35. The summed E-state index contributed by atoms with van der Waals surface area (Å²) >= 11 is 3.34. The van der Waals surface area contributed by atoms with Crippen molar-refractivity contribution in [3.05, 3.63) is 20.5 Å². The van der Waals surface area contributed by atoms with Gasteiger partial charge in [-0.25, -0.2) is 4.98 Å². The van der Waals surface area contributed by atoms with Gasteiger partial charge in [-0.05, 0) is 41.6 Å². The maximum absolute atomic E-state index is 11.8. The van der Waals surface area contributed by atoms with Gasteiger partial charge in [-0.1, -0.05) is 0 Å². The van der Waals surface area contributed by atoms with E-state index in [4.69, 9.17) is 0 Å². The van der Waals surface area contributed by atoms with Crippen LogP contribution in [0.2, 0.25) is 0 Å². The average Bonchev–Trinajstić information content (AvgIpc) is 2.96. The molecule has 0 spiro atoms. The Labute approximate surface area is 102 Å². The zero-order chi connectivity index (χ0) is 11.1. The Hall–Kier alpha value is -0.840. The molecule has 1 N–H and O–H groups in total. The minimum atomic E-state index is -0.0428. The largest absolute Gasteiger partial charge is 0.342 e. The summed E-state index contributed by atoms with van der Waals surface area (Å²) in [6.07, 6.45) is 4.71. The van der Waals surface area contributed by atoms with Gasteiger partial charge in [0.25, 0.3) is 5.56 Å². The lowest BCUT2D eigenvalue weighted by Crippen LogP contribution is -2.25. The Kier molecular flexibility index (Phi) is 2.50. The second-order valence-electron chi connectivity index (χ2n) is 4.56. The van der Waals surface area contributed by atoms with Crippen LogP contribution in [-0.2, 0) is 0 Å². The molecule has 2 aliphatic rings. The first-order valence-electron chi connectivity index (χ1n) is 5.80. The Morgan fingerprint density at radius 3 is 2.62 bits per heavy atom. The molecule has 2 heterocycles. The number of nitrogens with zero attached hydrogens (tertiary/aromatic N) is 2. The highest BCUT2D eigenvalue weighted by molar-refractivity contribution is 9.10. The fraction of sp³-hybridized carbons (Fsp3) is 0.636. The summed E-state index contributed by atoms with van der Waals surface area (Å²) in [4.78, 5) is 21.4. The molecule has 16 heavy (non-hydrogen) atoms. The molecule has 3 rings (SSSR count). The van der Waals surface area contributed by atoms with Crippen LogP contribution in [0.25, 0.3) is 0 Å². The first-order valence-corrected chi connectivity index (χ1v) is 6.59. The summed E-state index contributed by atoms with van der Waals surface area (Å²) in [6, 6.07) is 0. The molecular weight excluding hydrogens is 270 g/mol. The van der Waals surface area contributed by atoms with Gasteiger partial charge in [0.1, 0.15) is 4.47 Å². The van der Waals surface area contributed by atoms with E-state index >= 15 is 0 Å². The van der Waals surface area contributed by atoms with Crippen molar-refractivity contribution in [1.29, 1.82) is 0 Å². The van der Waals surface area contributed by atoms with Crippen LogP contribution < -0.4 is 10.5 Å². The van der Waals surface area contributed by atoms with Crippen LogP contribution in [0.3, 0.4) is 0 Å². The Bertz CT molecular complexity index is 461. The van der Waals surface area contributed by atoms with Gasteiger partial charge in [0, 0.05) is 19.0 Å². The van der Waals surface area contributed by atoms with Crippen molar-refractivity contribution in [3.63, 3.8) is 0 Å². The maximum atomic E-state index is 11.8. The normalized spacial score (nSPS) is 20.4. The van der Waals surface area contributed by atoms with Crippen molar-refractivity contribution >= 4 is 21.9 Å². The van der Waals surface area contributed by atoms with Gasteiger partial charge in [0.15, 0.2) is 0 Å². The van der Waals surface area contributed by atoms with Crippen molar-refractivity contribution in [2.24, 2.45) is 0 Å². The molecule has 0 aromatic carbocycles. The smallest absolute Gasteiger partial charge is 0.266 e. The predicted octanol–water partition coefficient (Wildman–Crippen LogP) is 2.01. The molecule has 1 saturated carbocycles. The highest BCUT2D eigenvalue weighted by atomic mass is 79.9. The molecule has 0 unspecified atom stereocenters.